The average molecular weight is 321 g/mol. The van der Waals surface area contributed by atoms with Gasteiger partial charge in [-0.3, -0.25) is 0 Å². The number of piperidine rings is 1. The Kier molecular flexibility index (Phi) is 4.52. The summed E-state index contributed by atoms with van der Waals surface area (Å²) in [5.41, 5.74) is 9.42. The molecule has 1 heterocycles. The second-order valence-electron chi connectivity index (χ2n) is 6.18. The SMILES string of the molecule is C=C(c1cc(N)ccc1F)N1CCC(c2ccc(C#N)cc2)CC1. The predicted molar refractivity (Wildman–Crippen MR) is 94.6 cm³/mol. The van der Waals surface area contributed by atoms with Gasteiger partial charge >= 0.3 is 0 Å². The van der Waals surface area contributed by atoms with E-state index in [1.54, 1.807) is 12.1 Å². The third-order valence-corrected chi connectivity index (χ3v) is 4.69. The van der Waals surface area contributed by atoms with E-state index < -0.39 is 0 Å². The average Bonchev–Trinajstić information content (AvgIpc) is 2.63. The summed E-state index contributed by atoms with van der Waals surface area (Å²) in [6, 6.07) is 14.5. The van der Waals surface area contributed by atoms with Crippen LogP contribution in [0.3, 0.4) is 0 Å². The lowest BCUT2D eigenvalue weighted by Gasteiger charge is -2.35. The number of nitrogen functional groups attached to an aromatic ring is 1. The summed E-state index contributed by atoms with van der Waals surface area (Å²) in [6.45, 7) is 5.73. The number of halogens is 1. The standard InChI is InChI=1S/C20H20FN3/c1-14(19-12-18(23)6-7-20(19)21)24-10-8-17(9-11-24)16-4-2-15(13-22)3-5-16/h2-7,12,17H,1,8-11,23H2. The van der Waals surface area contributed by atoms with Crippen LogP contribution in [-0.2, 0) is 0 Å². The Morgan fingerprint density at radius 3 is 2.46 bits per heavy atom. The fourth-order valence-corrected chi connectivity index (χ4v) is 3.25. The van der Waals surface area contributed by atoms with Crippen LogP contribution in [-0.4, -0.2) is 18.0 Å². The normalized spacial score (nSPS) is 15.1. The van der Waals surface area contributed by atoms with Gasteiger partial charge in [0.05, 0.1) is 11.6 Å². The van der Waals surface area contributed by atoms with Crippen LogP contribution in [0.5, 0.6) is 0 Å². The highest BCUT2D eigenvalue weighted by atomic mass is 19.1. The van der Waals surface area contributed by atoms with Crippen LogP contribution in [0.2, 0.25) is 0 Å². The van der Waals surface area contributed by atoms with Gasteiger partial charge in [-0.05, 0) is 54.7 Å². The van der Waals surface area contributed by atoms with Crippen molar-refractivity contribution in [3.63, 3.8) is 0 Å². The molecule has 2 aromatic carbocycles. The van der Waals surface area contributed by atoms with Crippen LogP contribution < -0.4 is 5.73 Å². The van der Waals surface area contributed by atoms with Gasteiger partial charge < -0.3 is 10.6 Å². The molecule has 3 rings (SSSR count). The van der Waals surface area contributed by atoms with Crippen LogP contribution in [0.1, 0.15) is 35.4 Å². The fourth-order valence-electron chi connectivity index (χ4n) is 3.25. The molecule has 0 saturated carbocycles. The van der Waals surface area contributed by atoms with E-state index in [1.165, 1.54) is 11.6 Å². The van der Waals surface area contributed by atoms with E-state index in [-0.39, 0.29) is 5.82 Å². The number of nitrogens with two attached hydrogens (primary N) is 1. The molecule has 3 nitrogen and oxygen atoms in total. The molecule has 0 aliphatic carbocycles. The summed E-state index contributed by atoms with van der Waals surface area (Å²) in [7, 11) is 0. The minimum Gasteiger partial charge on any atom is -0.399 e. The number of benzene rings is 2. The molecular formula is C20H20FN3. The lowest BCUT2D eigenvalue weighted by molar-refractivity contribution is 0.298. The second kappa shape index (κ2) is 6.76. The minimum absolute atomic E-state index is 0.289. The first-order valence-electron chi connectivity index (χ1n) is 8.08. The summed E-state index contributed by atoms with van der Waals surface area (Å²) in [5, 5.41) is 8.88. The van der Waals surface area contributed by atoms with Crippen molar-refractivity contribution in [2.24, 2.45) is 0 Å². The van der Waals surface area contributed by atoms with E-state index in [9.17, 15) is 4.39 Å². The van der Waals surface area contributed by atoms with E-state index in [0.29, 0.717) is 28.4 Å². The summed E-state index contributed by atoms with van der Waals surface area (Å²) < 4.78 is 14.0. The van der Waals surface area contributed by atoms with Gasteiger partial charge in [0.15, 0.2) is 0 Å². The number of nitrogens with zero attached hydrogens (tertiary/aromatic N) is 2. The molecule has 1 fully saturated rings. The molecule has 1 aliphatic rings. The molecule has 122 valence electrons. The molecule has 0 aromatic heterocycles. The van der Waals surface area contributed by atoms with Crippen LogP contribution in [0, 0.1) is 17.1 Å². The molecule has 0 unspecified atom stereocenters. The Hall–Kier alpha value is -2.80. The first kappa shape index (κ1) is 16.1. The van der Waals surface area contributed by atoms with Crippen molar-refractivity contribution < 1.29 is 4.39 Å². The topological polar surface area (TPSA) is 53.0 Å². The van der Waals surface area contributed by atoms with E-state index in [0.717, 1.165) is 25.9 Å². The van der Waals surface area contributed by atoms with Crippen molar-refractivity contribution in [3.8, 4) is 6.07 Å². The summed E-state index contributed by atoms with van der Waals surface area (Å²) in [6.07, 6.45) is 1.96. The third kappa shape index (κ3) is 3.26. The molecule has 1 saturated heterocycles. The number of hydrogen-bond acceptors (Lipinski definition) is 3. The molecule has 24 heavy (non-hydrogen) atoms. The molecule has 4 heteroatoms. The third-order valence-electron chi connectivity index (χ3n) is 4.69. The van der Waals surface area contributed by atoms with Crippen LogP contribution >= 0.6 is 0 Å². The van der Waals surface area contributed by atoms with Gasteiger partial charge in [0.1, 0.15) is 5.82 Å². The molecule has 0 radical (unpaired) electrons. The summed E-state index contributed by atoms with van der Waals surface area (Å²) in [4.78, 5) is 2.12. The summed E-state index contributed by atoms with van der Waals surface area (Å²) >= 11 is 0. The molecule has 2 N–H and O–H groups in total. The van der Waals surface area contributed by atoms with Crippen molar-refractivity contribution in [1.29, 1.82) is 5.26 Å². The maximum atomic E-state index is 14.0. The van der Waals surface area contributed by atoms with Gasteiger partial charge in [-0.25, -0.2) is 4.39 Å². The molecular weight excluding hydrogens is 301 g/mol. The Balaban J connectivity index is 1.67. The van der Waals surface area contributed by atoms with Gasteiger partial charge in [-0.2, -0.15) is 5.26 Å². The van der Waals surface area contributed by atoms with E-state index in [2.05, 4.69) is 17.5 Å². The number of nitriles is 1. The first-order valence-corrected chi connectivity index (χ1v) is 8.08. The van der Waals surface area contributed by atoms with Crippen molar-refractivity contribution in [2.75, 3.05) is 18.8 Å². The zero-order valence-electron chi connectivity index (χ0n) is 13.5. The smallest absolute Gasteiger partial charge is 0.132 e. The van der Waals surface area contributed by atoms with Crippen LogP contribution in [0.15, 0.2) is 49.0 Å². The zero-order valence-corrected chi connectivity index (χ0v) is 13.5. The largest absolute Gasteiger partial charge is 0.399 e. The van der Waals surface area contributed by atoms with Crippen molar-refractivity contribution in [2.45, 2.75) is 18.8 Å². The van der Waals surface area contributed by atoms with Gasteiger partial charge in [0, 0.05) is 30.0 Å². The van der Waals surface area contributed by atoms with Crippen LogP contribution in [0.4, 0.5) is 10.1 Å². The Morgan fingerprint density at radius 1 is 1.17 bits per heavy atom. The predicted octanol–water partition coefficient (Wildman–Crippen LogP) is 4.13. The lowest BCUT2D eigenvalue weighted by Crippen LogP contribution is -2.31. The zero-order chi connectivity index (χ0) is 17.1. The van der Waals surface area contributed by atoms with Gasteiger partial charge in [-0.1, -0.05) is 18.7 Å². The Bertz CT molecular complexity index is 782. The number of rotatable bonds is 3. The van der Waals surface area contributed by atoms with Gasteiger partial charge in [-0.15, -0.1) is 0 Å². The van der Waals surface area contributed by atoms with Gasteiger partial charge in [0.2, 0.25) is 0 Å². The molecule has 0 bridgehead atoms. The van der Waals surface area contributed by atoms with Crippen LogP contribution in [0.25, 0.3) is 5.70 Å². The quantitative estimate of drug-likeness (QED) is 0.865. The lowest BCUT2D eigenvalue weighted by atomic mass is 9.88. The van der Waals surface area contributed by atoms with Crippen molar-refractivity contribution in [1.82, 2.24) is 4.90 Å². The van der Waals surface area contributed by atoms with Crippen molar-refractivity contribution >= 4 is 11.4 Å². The van der Waals surface area contributed by atoms with E-state index >= 15 is 0 Å². The van der Waals surface area contributed by atoms with E-state index in [1.807, 2.05) is 24.3 Å². The van der Waals surface area contributed by atoms with Gasteiger partial charge in [0.25, 0.3) is 0 Å². The highest BCUT2D eigenvalue weighted by Gasteiger charge is 2.23. The molecule has 0 amide bonds. The molecule has 0 atom stereocenters. The first-order chi connectivity index (χ1) is 11.6. The highest BCUT2D eigenvalue weighted by molar-refractivity contribution is 5.65. The maximum absolute atomic E-state index is 14.0. The Labute approximate surface area is 141 Å². The maximum Gasteiger partial charge on any atom is 0.132 e. The Morgan fingerprint density at radius 2 is 1.83 bits per heavy atom. The minimum atomic E-state index is -0.289. The number of likely N-dealkylation sites (tertiary alicyclic amines) is 1. The number of hydrogen-bond donors (Lipinski definition) is 1. The second-order valence-corrected chi connectivity index (χ2v) is 6.18. The monoisotopic (exact) mass is 321 g/mol. The molecule has 1 aliphatic heterocycles. The van der Waals surface area contributed by atoms with E-state index in [4.69, 9.17) is 11.0 Å². The highest BCUT2D eigenvalue weighted by Crippen LogP contribution is 2.32. The van der Waals surface area contributed by atoms with Crippen molar-refractivity contribution in [3.05, 3.63) is 71.6 Å². The summed E-state index contributed by atoms with van der Waals surface area (Å²) in [5.74, 6) is 0.177. The fraction of sp³-hybridized carbons (Fsp3) is 0.250. The molecule has 0 spiro atoms. The molecule has 2 aromatic rings. The number of anilines is 1.